The largest absolute Gasteiger partial charge is 0.341 e. The van der Waals surface area contributed by atoms with Crippen molar-refractivity contribution in [3.63, 3.8) is 0 Å². The molecule has 19 heavy (non-hydrogen) atoms. The first-order valence-electron chi connectivity index (χ1n) is 6.40. The van der Waals surface area contributed by atoms with Gasteiger partial charge in [0, 0.05) is 30.6 Å². The molecule has 1 aliphatic rings. The summed E-state index contributed by atoms with van der Waals surface area (Å²) in [5.41, 5.74) is 0.578. The lowest BCUT2D eigenvalue weighted by Gasteiger charge is -2.21. The first-order valence-corrected chi connectivity index (χ1v) is 6.85. The maximum absolute atomic E-state index is 12.1. The number of nitrogens with zero attached hydrogens (tertiary/aromatic N) is 2. The van der Waals surface area contributed by atoms with E-state index in [0.717, 1.165) is 30.8 Å². The van der Waals surface area contributed by atoms with Gasteiger partial charge < -0.3 is 9.80 Å². The fourth-order valence-electron chi connectivity index (χ4n) is 2.17. The van der Waals surface area contributed by atoms with Gasteiger partial charge in [-0.3, -0.25) is 9.59 Å². The van der Waals surface area contributed by atoms with Crippen LogP contribution < -0.4 is 0 Å². The van der Waals surface area contributed by atoms with Crippen LogP contribution in [0.25, 0.3) is 0 Å². The number of carbonyl (C=O) groups is 2. The fourth-order valence-corrected chi connectivity index (χ4v) is 2.31. The summed E-state index contributed by atoms with van der Waals surface area (Å²) in [6.45, 7) is 1.77. The zero-order valence-corrected chi connectivity index (χ0v) is 11.9. The van der Waals surface area contributed by atoms with Gasteiger partial charge in [0.15, 0.2) is 0 Å². The van der Waals surface area contributed by atoms with Crippen molar-refractivity contribution in [3.05, 3.63) is 29.8 Å². The van der Waals surface area contributed by atoms with Crippen molar-refractivity contribution in [2.45, 2.75) is 17.7 Å². The van der Waals surface area contributed by atoms with Crippen LogP contribution >= 0.6 is 12.6 Å². The molecule has 0 aromatic heterocycles. The molecule has 0 aliphatic carbocycles. The number of likely N-dealkylation sites (N-methyl/N-ethyl adjacent to an activating group) is 1. The molecule has 1 fully saturated rings. The summed E-state index contributed by atoms with van der Waals surface area (Å²) in [6, 6.07) is 6.99. The molecule has 0 unspecified atom stereocenters. The van der Waals surface area contributed by atoms with Crippen molar-refractivity contribution in [3.8, 4) is 0 Å². The maximum Gasteiger partial charge on any atom is 0.254 e. The third-order valence-electron chi connectivity index (χ3n) is 3.29. The van der Waals surface area contributed by atoms with Crippen LogP contribution in [0, 0.1) is 0 Å². The molecule has 1 saturated heterocycles. The molecular weight excluding hydrogens is 260 g/mol. The molecule has 2 amide bonds. The Morgan fingerprint density at radius 1 is 1.21 bits per heavy atom. The van der Waals surface area contributed by atoms with Crippen LogP contribution in [0.5, 0.6) is 0 Å². The summed E-state index contributed by atoms with van der Waals surface area (Å²) in [6.07, 6.45) is 2.12. The molecule has 1 aromatic rings. The Kier molecular flexibility index (Phi) is 4.47. The third kappa shape index (κ3) is 3.50. The summed E-state index contributed by atoms with van der Waals surface area (Å²) in [5.74, 6) is -0.111. The highest BCUT2D eigenvalue weighted by molar-refractivity contribution is 7.80. The van der Waals surface area contributed by atoms with E-state index in [0.29, 0.717) is 5.56 Å². The molecule has 4 nitrogen and oxygen atoms in total. The second-order valence-electron chi connectivity index (χ2n) is 4.80. The number of hydrogen-bond acceptors (Lipinski definition) is 3. The van der Waals surface area contributed by atoms with Crippen molar-refractivity contribution < 1.29 is 9.59 Å². The smallest absolute Gasteiger partial charge is 0.254 e. The maximum atomic E-state index is 12.1. The van der Waals surface area contributed by atoms with E-state index in [4.69, 9.17) is 0 Å². The molecule has 2 rings (SSSR count). The highest BCUT2D eigenvalue weighted by Crippen LogP contribution is 2.11. The quantitative estimate of drug-likeness (QED) is 0.855. The van der Waals surface area contributed by atoms with E-state index in [-0.39, 0.29) is 18.4 Å². The Bertz CT molecular complexity index is 467. The zero-order valence-electron chi connectivity index (χ0n) is 11.0. The van der Waals surface area contributed by atoms with Gasteiger partial charge in [0.1, 0.15) is 0 Å². The highest BCUT2D eigenvalue weighted by atomic mass is 32.1. The summed E-state index contributed by atoms with van der Waals surface area (Å²) in [4.78, 5) is 28.2. The Balaban J connectivity index is 1.95. The lowest BCUT2D eigenvalue weighted by Crippen LogP contribution is -2.39. The summed E-state index contributed by atoms with van der Waals surface area (Å²) in [5, 5.41) is 0. The van der Waals surface area contributed by atoms with Crippen molar-refractivity contribution >= 4 is 24.4 Å². The van der Waals surface area contributed by atoms with Crippen LogP contribution in [-0.2, 0) is 4.79 Å². The second kappa shape index (κ2) is 6.10. The average molecular weight is 278 g/mol. The molecule has 1 aliphatic heterocycles. The molecule has 0 bridgehead atoms. The van der Waals surface area contributed by atoms with Crippen LogP contribution in [0.2, 0.25) is 0 Å². The van der Waals surface area contributed by atoms with Crippen molar-refractivity contribution in [1.29, 1.82) is 0 Å². The normalized spacial score (nSPS) is 14.5. The zero-order chi connectivity index (χ0) is 13.8. The number of carbonyl (C=O) groups excluding carboxylic acids is 2. The molecule has 0 atom stereocenters. The van der Waals surface area contributed by atoms with Crippen LogP contribution in [0.15, 0.2) is 29.2 Å². The molecule has 5 heteroatoms. The standard InChI is InChI=1S/C14H18N2O2S/c1-15(10-13(17)16-8-2-3-9-16)14(18)11-4-6-12(19)7-5-11/h4-7,19H,2-3,8-10H2,1H3. The molecule has 0 radical (unpaired) electrons. The van der Waals surface area contributed by atoms with Crippen molar-refractivity contribution in [1.82, 2.24) is 9.80 Å². The minimum absolute atomic E-state index is 0.0270. The average Bonchev–Trinajstić information content (AvgIpc) is 2.92. The highest BCUT2D eigenvalue weighted by Gasteiger charge is 2.21. The second-order valence-corrected chi connectivity index (χ2v) is 5.31. The minimum Gasteiger partial charge on any atom is -0.341 e. The predicted octanol–water partition coefficient (Wildman–Crippen LogP) is 1.67. The number of rotatable bonds is 3. The number of likely N-dealkylation sites (tertiary alicyclic amines) is 1. The fraction of sp³-hybridized carbons (Fsp3) is 0.429. The van der Waals surface area contributed by atoms with Crippen molar-refractivity contribution in [2.24, 2.45) is 0 Å². The summed E-state index contributed by atoms with van der Waals surface area (Å²) >= 11 is 4.18. The molecule has 0 N–H and O–H groups in total. The lowest BCUT2D eigenvalue weighted by atomic mass is 10.2. The molecule has 1 aromatic carbocycles. The number of amides is 2. The molecule has 102 valence electrons. The number of thiol groups is 1. The SMILES string of the molecule is CN(CC(=O)N1CCCC1)C(=O)c1ccc(S)cc1. The van der Waals surface area contributed by atoms with Gasteiger partial charge in [-0.25, -0.2) is 0 Å². The van der Waals surface area contributed by atoms with Gasteiger partial charge >= 0.3 is 0 Å². The van der Waals surface area contributed by atoms with Crippen molar-refractivity contribution in [2.75, 3.05) is 26.7 Å². The van der Waals surface area contributed by atoms with E-state index >= 15 is 0 Å². The number of benzene rings is 1. The van der Waals surface area contributed by atoms with Gasteiger partial charge in [0.05, 0.1) is 6.54 Å². The van der Waals surface area contributed by atoms with E-state index in [1.54, 1.807) is 31.3 Å². The van der Waals surface area contributed by atoms with E-state index in [1.807, 2.05) is 4.90 Å². The van der Waals surface area contributed by atoms with Gasteiger partial charge in [0.25, 0.3) is 5.91 Å². The Morgan fingerprint density at radius 3 is 2.37 bits per heavy atom. The van der Waals surface area contributed by atoms with Gasteiger partial charge in [-0.2, -0.15) is 0 Å². The third-order valence-corrected chi connectivity index (χ3v) is 3.59. The van der Waals surface area contributed by atoms with Gasteiger partial charge in [-0.1, -0.05) is 0 Å². The predicted molar refractivity (Wildman–Crippen MR) is 76.5 cm³/mol. The first-order chi connectivity index (χ1) is 9.08. The van der Waals surface area contributed by atoms with Gasteiger partial charge in [0.2, 0.25) is 5.91 Å². The monoisotopic (exact) mass is 278 g/mol. The van der Waals surface area contributed by atoms with Crippen LogP contribution in [0.1, 0.15) is 23.2 Å². The Morgan fingerprint density at radius 2 is 1.79 bits per heavy atom. The van der Waals surface area contributed by atoms with E-state index in [9.17, 15) is 9.59 Å². The van der Waals surface area contributed by atoms with Crippen LogP contribution in [0.3, 0.4) is 0 Å². The van der Waals surface area contributed by atoms with Crippen LogP contribution in [-0.4, -0.2) is 48.3 Å². The molecule has 0 saturated carbocycles. The van der Waals surface area contributed by atoms with E-state index < -0.39 is 0 Å². The molecular formula is C14H18N2O2S. The lowest BCUT2D eigenvalue weighted by molar-refractivity contribution is -0.130. The topological polar surface area (TPSA) is 40.6 Å². The van der Waals surface area contributed by atoms with Gasteiger partial charge in [-0.15, -0.1) is 12.6 Å². The number of hydrogen-bond donors (Lipinski definition) is 1. The molecule has 0 spiro atoms. The van der Waals surface area contributed by atoms with E-state index in [1.165, 1.54) is 4.90 Å². The summed E-state index contributed by atoms with van der Waals surface area (Å²) in [7, 11) is 1.66. The minimum atomic E-state index is -0.138. The molecule has 1 heterocycles. The summed E-state index contributed by atoms with van der Waals surface area (Å²) < 4.78 is 0. The van der Waals surface area contributed by atoms with E-state index in [2.05, 4.69) is 12.6 Å². The Hall–Kier alpha value is -1.49. The van der Waals surface area contributed by atoms with Gasteiger partial charge in [-0.05, 0) is 37.1 Å². The first kappa shape index (κ1) is 13.9. The Labute approximate surface area is 118 Å². The van der Waals surface area contributed by atoms with Crippen LogP contribution in [0.4, 0.5) is 0 Å².